The van der Waals surface area contributed by atoms with Crippen molar-refractivity contribution in [3.05, 3.63) is 0 Å². The van der Waals surface area contributed by atoms with E-state index in [1.54, 1.807) is 96.3 Å². The van der Waals surface area contributed by atoms with Crippen LogP contribution in [0.5, 0.6) is 0 Å². The summed E-state index contributed by atoms with van der Waals surface area (Å²) in [6.45, 7) is 19.5. The summed E-state index contributed by atoms with van der Waals surface area (Å²) in [6.07, 6.45) is 23.7. The van der Waals surface area contributed by atoms with Gasteiger partial charge in [0.05, 0.1) is 0 Å². The van der Waals surface area contributed by atoms with Gasteiger partial charge in [0.1, 0.15) is 0 Å². The molecule has 0 aliphatic heterocycles. The van der Waals surface area contributed by atoms with Crippen LogP contribution in [0, 0.1) is 65.1 Å². The molecule has 10 fully saturated rings. The second kappa shape index (κ2) is 16.1. The maximum atomic E-state index is 2.17. The van der Waals surface area contributed by atoms with Crippen LogP contribution in [-0.4, -0.2) is 0 Å². The van der Waals surface area contributed by atoms with Crippen LogP contribution in [0.1, 0.15) is 159 Å². The van der Waals surface area contributed by atoms with Crippen molar-refractivity contribution in [1.29, 1.82) is 0 Å². The van der Waals surface area contributed by atoms with Crippen molar-refractivity contribution in [1.82, 2.24) is 0 Å². The van der Waals surface area contributed by atoms with Crippen LogP contribution in [-0.2, 0) is 0 Å². The van der Waals surface area contributed by atoms with E-state index in [9.17, 15) is 0 Å². The van der Waals surface area contributed by atoms with Crippen LogP contribution in [0.4, 0.5) is 0 Å². The summed E-state index contributed by atoms with van der Waals surface area (Å²) in [5.74, 6) is 11.9. The van der Waals surface area contributed by atoms with Crippen molar-refractivity contribution in [3.8, 4) is 0 Å². The first-order valence-corrected chi connectivity index (χ1v) is 16.5. The topological polar surface area (TPSA) is 0 Å². The van der Waals surface area contributed by atoms with Gasteiger partial charge in [-0.2, -0.15) is 0 Å². The summed E-state index contributed by atoms with van der Waals surface area (Å²) in [5, 5.41) is 0. The predicted octanol–water partition coefficient (Wildman–Crippen LogP) is 11.8. The Hall–Kier alpha value is 0. The molecule has 0 amide bonds. The SMILES string of the molecule is C1C2CC1C2.C1C2CC3CC1CC(C2)C3.C1CC2CCC1CC2.CC(C)C.CC(C)C.CC(C)C. The standard InChI is InChI=1S/C10H16.C8H14.C5H8.3C4H10/c1-7-2-9-4-8(1)5-10(3-7)6-9;1-2-8-5-3-7(1)4-6-8;1-4-2-5(1)3-4;3*1-4(2)3/h7-10H,1-6H2;7-8H,1-6H2;4-5H,1-3H2;3*4H,1-3H3. The summed E-state index contributed by atoms with van der Waals surface area (Å²) in [7, 11) is 0. The monoisotopic (exact) mass is 489 g/mol. The molecule has 0 spiro atoms. The molecule has 10 aliphatic carbocycles. The molecule has 0 saturated heterocycles. The second-order valence-electron chi connectivity index (χ2n) is 16.0. The Morgan fingerprint density at radius 2 is 0.371 bits per heavy atom. The highest BCUT2D eigenvalue weighted by Gasteiger charge is 2.42. The first-order valence-electron chi connectivity index (χ1n) is 16.5. The Labute approximate surface area is 223 Å². The van der Waals surface area contributed by atoms with Crippen LogP contribution in [0.2, 0.25) is 0 Å². The van der Waals surface area contributed by atoms with E-state index in [0.717, 1.165) is 29.6 Å². The largest absolute Gasteiger partial charge is 0.0630 e. The smallest absolute Gasteiger partial charge is 0.0406 e. The van der Waals surface area contributed by atoms with E-state index in [1.165, 1.54) is 35.5 Å². The molecule has 208 valence electrons. The minimum absolute atomic E-state index is 0.833. The number of rotatable bonds is 0. The van der Waals surface area contributed by atoms with Gasteiger partial charge in [0, 0.05) is 0 Å². The van der Waals surface area contributed by atoms with E-state index in [1.807, 2.05) is 0 Å². The Balaban J connectivity index is 0.000000156. The molecular weight excluding hydrogens is 420 g/mol. The molecule has 0 aromatic heterocycles. The van der Waals surface area contributed by atoms with Gasteiger partial charge in [-0.3, -0.25) is 0 Å². The van der Waals surface area contributed by atoms with E-state index in [2.05, 4.69) is 62.3 Å². The fourth-order valence-corrected chi connectivity index (χ4v) is 7.47. The number of hydrogen-bond acceptors (Lipinski definition) is 0. The van der Waals surface area contributed by atoms with Gasteiger partial charge in [-0.1, -0.05) is 101 Å². The Morgan fingerprint density at radius 3 is 0.457 bits per heavy atom. The lowest BCUT2D eigenvalue weighted by molar-refractivity contribution is 0.0197. The average Bonchev–Trinajstić information content (AvgIpc) is 2.65. The lowest BCUT2D eigenvalue weighted by atomic mass is 9.56. The van der Waals surface area contributed by atoms with Crippen LogP contribution < -0.4 is 0 Å². The van der Waals surface area contributed by atoms with Crippen molar-refractivity contribution < 1.29 is 0 Å². The third kappa shape index (κ3) is 13.4. The highest BCUT2D eigenvalue weighted by Crippen LogP contribution is 2.54. The summed E-state index contributed by atoms with van der Waals surface area (Å²) in [4.78, 5) is 0. The molecule has 0 atom stereocenters. The Kier molecular flexibility index (Phi) is 14.3. The molecule has 0 unspecified atom stereocenters. The lowest BCUT2D eigenvalue weighted by Gasteiger charge is -2.49. The van der Waals surface area contributed by atoms with Crippen molar-refractivity contribution in [2.45, 2.75) is 159 Å². The fraction of sp³-hybridized carbons (Fsp3) is 1.00. The zero-order valence-corrected chi connectivity index (χ0v) is 26.0. The van der Waals surface area contributed by atoms with E-state index in [4.69, 9.17) is 0 Å². The molecule has 10 aliphatic rings. The van der Waals surface area contributed by atoms with Gasteiger partial charge in [0.2, 0.25) is 0 Å². The van der Waals surface area contributed by atoms with E-state index >= 15 is 0 Å². The van der Waals surface area contributed by atoms with E-state index in [0.29, 0.717) is 0 Å². The number of fused-ring (bicyclic) bond motifs is 3. The molecule has 10 saturated carbocycles. The number of hydrogen-bond donors (Lipinski definition) is 0. The Morgan fingerprint density at radius 1 is 0.257 bits per heavy atom. The minimum Gasteiger partial charge on any atom is -0.0630 e. The quantitative estimate of drug-likeness (QED) is 0.318. The van der Waals surface area contributed by atoms with Crippen LogP contribution >= 0.6 is 0 Å². The zero-order valence-electron chi connectivity index (χ0n) is 26.0. The zero-order chi connectivity index (χ0) is 26.0. The fourth-order valence-electron chi connectivity index (χ4n) is 7.47. The molecular formula is C35H68. The van der Waals surface area contributed by atoms with E-state index in [-0.39, 0.29) is 0 Å². The second-order valence-corrected chi connectivity index (χ2v) is 16.0. The first-order chi connectivity index (χ1) is 16.5. The molecule has 0 heteroatoms. The summed E-state index contributed by atoms with van der Waals surface area (Å²) < 4.78 is 0. The van der Waals surface area contributed by atoms with Crippen LogP contribution in [0.15, 0.2) is 0 Å². The third-order valence-corrected chi connectivity index (χ3v) is 8.95. The molecule has 0 N–H and O–H groups in total. The summed E-state index contributed by atoms with van der Waals surface area (Å²) >= 11 is 0. The summed E-state index contributed by atoms with van der Waals surface area (Å²) in [6, 6.07) is 0. The maximum absolute atomic E-state index is 2.17. The minimum atomic E-state index is 0.833. The lowest BCUT2D eigenvalue weighted by Crippen LogP contribution is -2.38. The van der Waals surface area contributed by atoms with Crippen molar-refractivity contribution in [3.63, 3.8) is 0 Å². The van der Waals surface area contributed by atoms with Gasteiger partial charge in [-0.15, -0.1) is 0 Å². The molecule has 0 aromatic rings. The molecule has 0 aromatic carbocycles. The van der Waals surface area contributed by atoms with Crippen LogP contribution in [0.25, 0.3) is 0 Å². The summed E-state index contributed by atoms with van der Waals surface area (Å²) in [5.41, 5.74) is 0. The molecule has 0 heterocycles. The van der Waals surface area contributed by atoms with Gasteiger partial charge in [0.25, 0.3) is 0 Å². The van der Waals surface area contributed by atoms with Crippen LogP contribution in [0.3, 0.4) is 0 Å². The van der Waals surface area contributed by atoms with Crippen molar-refractivity contribution in [2.24, 2.45) is 65.1 Å². The van der Waals surface area contributed by atoms with Gasteiger partial charge in [0.15, 0.2) is 0 Å². The first kappa shape index (κ1) is 31.2. The van der Waals surface area contributed by atoms with Gasteiger partial charge < -0.3 is 0 Å². The Bertz CT molecular complexity index is 398. The highest BCUT2D eigenvalue weighted by molar-refractivity contribution is 4.93. The molecule has 0 radical (unpaired) electrons. The maximum Gasteiger partial charge on any atom is -0.0406 e. The molecule has 0 nitrogen and oxygen atoms in total. The van der Waals surface area contributed by atoms with E-state index < -0.39 is 0 Å². The highest BCUT2D eigenvalue weighted by atomic mass is 14.5. The van der Waals surface area contributed by atoms with Gasteiger partial charge in [-0.05, 0) is 123 Å². The predicted molar refractivity (Wildman–Crippen MR) is 159 cm³/mol. The van der Waals surface area contributed by atoms with Gasteiger partial charge in [-0.25, -0.2) is 0 Å². The molecule has 10 rings (SSSR count). The van der Waals surface area contributed by atoms with Crippen molar-refractivity contribution in [2.75, 3.05) is 0 Å². The van der Waals surface area contributed by atoms with Crippen molar-refractivity contribution >= 4 is 0 Å². The molecule has 35 heavy (non-hydrogen) atoms. The van der Waals surface area contributed by atoms with Gasteiger partial charge >= 0.3 is 0 Å². The average molecular weight is 489 g/mol. The normalized spacial score (nSPS) is 38.1. The molecule has 8 bridgehead atoms. The third-order valence-electron chi connectivity index (χ3n) is 8.95.